The number of H-pyrrole nitrogens is 1. The van der Waals surface area contributed by atoms with Crippen LogP contribution in [0.5, 0.6) is 0 Å². The first-order valence-corrected chi connectivity index (χ1v) is 12.3. The van der Waals surface area contributed by atoms with E-state index in [4.69, 9.17) is 0 Å². The lowest BCUT2D eigenvalue weighted by Gasteiger charge is -2.38. The van der Waals surface area contributed by atoms with Crippen LogP contribution in [-0.4, -0.2) is 51.5 Å². The number of urea groups is 1. The summed E-state index contributed by atoms with van der Waals surface area (Å²) < 4.78 is 38.6. The number of likely N-dealkylation sites (tertiary alicyclic amines) is 1. The average molecular weight is 500 g/mol. The summed E-state index contributed by atoms with van der Waals surface area (Å²) >= 11 is 0. The molecule has 9 heteroatoms. The van der Waals surface area contributed by atoms with Gasteiger partial charge in [0.25, 0.3) is 0 Å². The van der Waals surface area contributed by atoms with Crippen LogP contribution >= 0.6 is 0 Å². The molecule has 3 aromatic rings. The summed E-state index contributed by atoms with van der Waals surface area (Å²) in [6.07, 6.45) is -2.64. The standard InChI is InChI=1S/C27H32F3N5O/c1-3-31-26(36)35(17-20-7-5-4-6-8-20)23-13-15-34(16-14-23)18-24-19(2)32-25(33-24)21-9-11-22(12-10-21)27(28,29)30/h4-12,23H,3,13-18H2,1-2H3,(H,31,36)(H,32,33). The Hall–Kier alpha value is -3.33. The molecule has 192 valence electrons. The largest absolute Gasteiger partial charge is 0.416 e. The molecule has 0 unspecified atom stereocenters. The van der Waals surface area contributed by atoms with E-state index in [0.29, 0.717) is 31.0 Å². The van der Waals surface area contributed by atoms with E-state index in [-0.39, 0.29) is 12.1 Å². The molecule has 6 nitrogen and oxygen atoms in total. The number of piperidine rings is 1. The molecule has 0 spiro atoms. The summed E-state index contributed by atoms with van der Waals surface area (Å²) in [6.45, 7) is 7.32. The Morgan fingerprint density at radius 1 is 1.11 bits per heavy atom. The summed E-state index contributed by atoms with van der Waals surface area (Å²) in [6, 6.07) is 15.2. The quantitative estimate of drug-likeness (QED) is 0.445. The van der Waals surface area contributed by atoms with E-state index in [1.807, 2.05) is 49.1 Å². The molecular formula is C27H32F3N5O. The number of carbonyl (C=O) groups is 1. The molecule has 0 saturated carbocycles. The molecule has 0 aliphatic carbocycles. The number of carbonyl (C=O) groups excluding carboxylic acids is 1. The Morgan fingerprint density at radius 3 is 2.39 bits per heavy atom. The third-order valence-electron chi connectivity index (χ3n) is 6.63. The van der Waals surface area contributed by atoms with Crippen LogP contribution in [0.3, 0.4) is 0 Å². The first-order valence-electron chi connectivity index (χ1n) is 12.3. The second kappa shape index (κ2) is 11.2. The van der Waals surface area contributed by atoms with Crippen molar-refractivity contribution in [3.8, 4) is 11.4 Å². The summed E-state index contributed by atoms with van der Waals surface area (Å²) in [4.78, 5) is 24.9. The van der Waals surface area contributed by atoms with Gasteiger partial charge in [-0.1, -0.05) is 42.5 Å². The van der Waals surface area contributed by atoms with E-state index >= 15 is 0 Å². The van der Waals surface area contributed by atoms with Crippen LogP contribution in [0, 0.1) is 6.92 Å². The number of halogens is 3. The summed E-state index contributed by atoms with van der Waals surface area (Å²) in [5, 5.41) is 2.95. The number of amides is 2. The fraction of sp³-hybridized carbons (Fsp3) is 0.407. The Bertz CT molecular complexity index is 1140. The van der Waals surface area contributed by atoms with Gasteiger partial charge in [0.2, 0.25) is 0 Å². The van der Waals surface area contributed by atoms with Gasteiger partial charge in [-0.25, -0.2) is 9.78 Å². The second-order valence-electron chi connectivity index (χ2n) is 9.19. The predicted molar refractivity (Wildman–Crippen MR) is 133 cm³/mol. The minimum Gasteiger partial charge on any atom is -0.342 e. The van der Waals surface area contributed by atoms with Crippen molar-refractivity contribution < 1.29 is 18.0 Å². The fourth-order valence-corrected chi connectivity index (χ4v) is 4.60. The zero-order chi connectivity index (χ0) is 25.7. The minimum atomic E-state index is -4.36. The van der Waals surface area contributed by atoms with Gasteiger partial charge in [0.1, 0.15) is 5.82 Å². The highest BCUT2D eigenvalue weighted by molar-refractivity contribution is 5.74. The molecule has 2 N–H and O–H groups in total. The van der Waals surface area contributed by atoms with Gasteiger partial charge in [-0.2, -0.15) is 13.2 Å². The van der Waals surface area contributed by atoms with Gasteiger partial charge in [-0.3, -0.25) is 4.90 Å². The summed E-state index contributed by atoms with van der Waals surface area (Å²) in [5.41, 5.74) is 2.84. The number of hydrogen-bond donors (Lipinski definition) is 2. The van der Waals surface area contributed by atoms with E-state index in [0.717, 1.165) is 55.0 Å². The normalized spacial score (nSPS) is 15.1. The van der Waals surface area contributed by atoms with Crippen molar-refractivity contribution in [3.63, 3.8) is 0 Å². The number of aromatic nitrogens is 2. The van der Waals surface area contributed by atoms with E-state index in [9.17, 15) is 18.0 Å². The topological polar surface area (TPSA) is 64.3 Å². The third kappa shape index (κ3) is 6.26. The highest BCUT2D eigenvalue weighted by atomic mass is 19.4. The molecule has 4 rings (SSSR count). The van der Waals surface area contributed by atoms with Crippen LogP contribution in [0.2, 0.25) is 0 Å². The number of rotatable bonds is 7. The first kappa shape index (κ1) is 25.8. The Morgan fingerprint density at radius 2 is 1.78 bits per heavy atom. The molecule has 2 amide bonds. The number of alkyl halides is 3. The van der Waals surface area contributed by atoms with Crippen molar-refractivity contribution >= 4 is 6.03 Å². The van der Waals surface area contributed by atoms with Crippen LogP contribution < -0.4 is 5.32 Å². The molecule has 1 fully saturated rings. The predicted octanol–water partition coefficient (Wildman–Crippen LogP) is 5.60. The van der Waals surface area contributed by atoms with Crippen LogP contribution in [0.4, 0.5) is 18.0 Å². The Balaban J connectivity index is 1.38. The number of nitrogens with one attached hydrogen (secondary N) is 2. The zero-order valence-electron chi connectivity index (χ0n) is 20.6. The molecular weight excluding hydrogens is 467 g/mol. The molecule has 36 heavy (non-hydrogen) atoms. The van der Waals surface area contributed by atoms with Crippen molar-refractivity contribution in [3.05, 3.63) is 77.1 Å². The van der Waals surface area contributed by atoms with Crippen molar-refractivity contribution in [2.45, 2.75) is 52.0 Å². The summed E-state index contributed by atoms with van der Waals surface area (Å²) in [7, 11) is 0. The Kier molecular flexibility index (Phi) is 7.98. The van der Waals surface area contributed by atoms with Crippen molar-refractivity contribution in [1.82, 2.24) is 25.1 Å². The van der Waals surface area contributed by atoms with Gasteiger partial charge >= 0.3 is 12.2 Å². The molecule has 1 aliphatic heterocycles. The van der Waals surface area contributed by atoms with Gasteiger partial charge in [0.05, 0.1) is 11.3 Å². The van der Waals surface area contributed by atoms with E-state index in [1.54, 1.807) is 0 Å². The van der Waals surface area contributed by atoms with E-state index in [2.05, 4.69) is 20.2 Å². The van der Waals surface area contributed by atoms with Crippen LogP contribution in [0.1, 0.15) is 42.3 Å². The minimum absolute atomic E-state index is 0.0378. The van der Waals surface area contributed by atoms with Gasteiger partial charge in [0.15, 0.2) is 0 Å². The molecule has 2 heterocycles. The molecule has 1 saturated heterocycles. The van der Waals surface area contributed by atoms with E-state index < -0.39 is 11.7 Å². The maximum Gasteiger partial charge on any atom is 0.416 e. The van der Waals surface area contributed by atoms with Gasteiger partial charge < -0.3 is 15.2 Å². The molecule has 0 radical (unpaired) electrons. The van der Waals surface area contributed by atoms with Gasteiger partial charge in [0, 0.05) is 50.0 Å². The molecule has 0 atom stereocenters. The number of aryl methyl sites for hydroxylation is 1. The average Bonchev–Trinajstić information content (AvgIpc) is 3.23. The summed E-state index contributed by atoms with van der Waals surface area (Å²) in [5.74, 6) is 0.566. The molecule has 0 bridgehead atoms. The monoisotopic (exact) mass is 499 g/mol. The van der Waals surface area contributed by atoms with Crippen molar-refractivity contribution in [1.29, 1.82) is 0 Å². The van der Waals surface area contributed by atoms with Crippen LogP contribution in [0.15, 0.2) is 54.6 Å². The van der Waals surface area contributed by atoms with Crippen LogP contribution in [0.25, 0.3) is 11.4 Å². The highest BCUT2D eigenvalue weighted by Gasteiger charge is 2.30. The number of aromatic amines is 1. The smallest absolute Gasteiger partial charge is 0.342 e. The maximum atomic E-state index is 12.9. The fourth-order valence-electron chi connectivity index (χ4n) is 4.60. The van der Waals surface area contributed by atoms with Crippen molar-refractivity contribution in [2.75, 3.05) is 19.6 Å². The second-order valence-corrected chi connectivity index (χ2v) is 9.19. The Labute approximate surface area is 209 Å². The van der Waals surface area contributed by atoms with Gasteiger partial charge in [-0.15, -0.1) is 0 Å². The van der Waals surface area contributed by atoms with E-state index in [1.165, 1.54) is 12.1 Å². The number of imidazole rings is 1. The SMILES string of the molecule is CCNC(=O)N(Cc1ccccc1)C1CCN(Cc2nc(-c3ccc(C(F)(F)F)cc3)[nH]c2C)CC1. The third-order valence-corrected chi connectivity index (χ3v) is 6.63. The zero-order valence-corrected chi connectivity index (χ0v) is 20.6. The lowest BCUT2D eigenvalue weighted by Crippen LogP contribution is -2.50. The lowest BCUT2D eigenvalue weighted by molar-refractivity contribution is -0.137. The number of hydrogen-bond acceptors (Lipinski definition) is 3. The first-order chi connectivity index (χ1) is 17.2. The lowest BCUT2D eigenvalue weighted by atomic mass is 10.0. The molecule has 1 aromatic heterocycles. The maximum absolute atomic E-state index is 12.9. The van der Waals surface area contributed by atoms with Gasteiger partial charge in [-0.05, 0) is 44.4 Å². The van der Waals surface area contributed by atoms with Crippen LogP contribution in [-0.2, 0) is 19.3 Å². The molecule has 1 aliphatic rings. The molecule has 2 aromatic carbocycles. The number of nitrogens with zero attached hydrogens (tertiary/aromatic N) is 3. The number of benzene rings is 2. The van der Waals surface area contributed by atoms with Crippen molar-refractivity contribution in [2.24, 2.45) is 0 Å². The highest BCUT2D eigenvalue weighted by Crippen LogP contribution is 2.31.